The van der Waals surface area contributed by atoms with E-state index in [-0.39, 0.29) is 0 Å². The topological polar surface area (TPSA) is 0 Å². The molecule has 76 valence electrons. The van der Waals surface area contributed by atoms with Crippen molar-refractivity contribution in [3.05, 3.63) is 12.2 Å². The summed E-state index contributed by atoms with van der Waals surface area (Å²) >= 11 is 0. The Morgan fingerprint density at radius 1 is 1.31 bits per heavy atom. The molecule has 2 unspecified atom stereocenters. The Balaban J connectivity index is 2.30. The molecule has 0 N–H and O–H groups in total. The van der Waals surface area contributed by atoms with Gasteiger partial charge in [-0.25, -0.2) is 0 Å². The Hall–Kier alpha value is -0.260. The van der Waals surface area contributed by atoms with Crippen LogP contribution in [0.5, 0.6) is 0 Å². The highest BCUT2D eigenvalue weighted by molar-refractivity contribution is 4.94. The fourth-order valence-electron chi connectivity index (χ4n) is 2.48. The summed E-state index contributed by atoms with van der Waals surface area (Å²) in [6, 6.07) is 0. The molecule has 0 aliphatic heterocycles. The van der Waals surface area contributed by atoms with Crippen molar-refractivity contribution >= 4 is 0 Å². The Morgan fingerprint density at radius 2 is 1.85 bits per heavy atom. The summed E-state index contributed by atoms with van der Waals surface area (Å²) in [6.45, 7) is 10.9. The monoisotopic (exact) mass is 180 g/mol. The van der Waals surface area contributed by atoms with Crippen molar-refractivity contribution < 1.29 is 0 Å². The molecule has 0 bridgehead atoms. The van der Waals surface area contributed by atoms with E-state index in [0.717, 1.165) is 17.8 Å². The van der Waals surface area contributed by atoms with Crippen molar-refractivity contribution in [3.63, 3.8) is 0 Å². The van der Waals surface area contributed by atoms with Gasteiger partial charge in [-0.3, -0.25) is 0 Å². The Labute approximate surface area is 83.4 Å². The van der Waals surface area contributed by atoms with Gasteiger partial charge in [0.15, 0.2) is 0 Å². The van der Waals surface area contributed by atoms with Crippen molar-refractivity contribution in [2.24, 2.45) is 17.8 Å². The first-order valence-corrected chi connectivity index (χ1v) is 5.76. The molecule has 1 aliphatic rings. The van der Waals surface area contributed by atoms with Crippen LogP contribution in [0.1, 0.15) is 52.9 Å². The Kier molecular flexibility index (Phi) is 4.02. The molecule has 0 heteroatoms. The van der Waals surface area contributed by atoms with Gasteiger partial charge in [0.05, 0.1) is 0 Å². The molecule has 1 rings (SSSR count). The van der Waals surface area contributed by atoms with Gasteiger partial charge < -0.3 is 0 Å². The van der Waals surface area contributed by atoms with Gasteiger partial charge in [0.1, 0.15) is 0 Å². The lowest BCUT2D eigenvalue weighted by Gasteiger charge is -2.22. The van der Waals surface area contributed by atoms with Gasteiger partial charge in [0, 0.05) is 0 Å². The maximum atomic E-state index is 4.03. The lowest BCUT2D eigenvalue weighted by Crippen LogP contribution is -2.12. The van der Waals surface area contributed by atoms with Gasteiger partial charge in [-0.2, -0.15) is 0 Å². The third kappa shape index (κ3) is 3.17. The zero-order valence-electron chi connectivity index (χ0n) is 9.47. The first kappa shape index (κ1) is 10.8. The highest BCUT2D eigenvalue weighted by Crippen LogP contribution is 2.35. The second-order valence-corrected chi connectivity index (χ2v) is 5.00. The molecule has 0 aromatic carbocycles. The van der Waals surface area contributed by atoms with Crippen molar-refractivity contribution in [1.82, 2.24) is 0 Å². The summed E-state index contributed by atoms with van der Waals surface area (Å²) in [5.41, 5.74) is 1.35. The van der Waals surface area contributed by atoms with Crippen LogP contribution in [0.15, 0.2) is 12.2 Å². The maximum absolute atomic E-state index is 4.03. The van der Waals surface area contributed by atoms with E-state index in [4.69, 9.17) is 0 Å². The molecule has 13 heavy (non-hydrogen) atoms. The van der Waals surface area contributed by atoms with Crippen LogP contribution in [0.4, 0.5) is 0 Å². The molecule has 0 saturated heterocycles. The molecular weight excluding hydrogens is 156 g/mol. The predicted molar refractivity (Wildman–Crippen MR) is 59.7 cm³/mol. The van der Waals surface area contributed by atoms with Gasteiger partial charge in [0.25, 0.3) is 0 Å². The van der Waals surface area contributed by atoms with Crippen molar-refractivity contribution in [1.29, 1.82) is 0 Å². The van der Waals surface area contributed by atoms with Crippen LogP contribution < -0.4 is 0 Å². The van der Waals surface area contributed by atoms with Crippen molar-refractivity contribution in [2.45, 2.75) is 52.9 Å². The molecule has 1 aliphatic carbocycles. The molecule has 0 aromatic heterocycles. The second kappa shape index (κ2) is 4.83. The summed E-state index contributed by atoms with van der Waals surface area (Å²) in [7, 11) is 0. The zero-order valence-corrected chi connectivity index (χ0v) is 9.47. The SMILES string of the molecule is C=C(C)C(C)CC(C)C1CCCC1. The van der Waals surface area contributed by atoms with Crippen LogP contribution in [-0.4, -0.2) is 0 Å². The number of hydrogen-bond donors (Lipinski definition) is 0. The minimum atomic E-state index is 0.718. The molecule has 0 radical (unpaired) electrons. The summed E-state index contributed by atoms with van der Waals surface area (Å²) in [6.07, 6.45) is 7.24. The van der Waals surface area contributed by atoms with Gasteiger partial charge in [0.2, 0.25) is 0 Å². The standard InChI is InChI=1S/C13H24/c1-10(2)11(3)9-12(4)13-7-5-6-8-13/h11-13H,1,5-9H2,2-4H3. The van der Waals surface area contributed by atoms with Crippen LogP contribution in [-0.2, 0) is 0 Å². The van der Waals surface area contributed by atoms with Gasteiger partial charge in [-0.1, -0.05) is 51.7 Å². The Bertz CT molecular complexity index is 163. The average Bonchev–Trinajstić information content (AvgIpc) is 2.55. The molecular formula is C13H24. The van der Waals surface area contributed by atoms with Gasteiger partial charge >= 0.3 is 0 Å². The molecule has 1 saturated carbocycles. The van der Waals surface area contributed by atoms with Crippen LogP contribution >= 0.6 is 0 Å². The molecule has 2 atom stereocenters. The number of allylic oxidation sites excluding steroid dienone is 1. The van der Waals surface area contributed by atoms with Crippen LogP contribution in [0.3, 0.4) is 0 Å². The summed E-state index contributed by atoms with van der Waals surface area (Å²) in [4.78, 5) is 0. The number of hydrogen-bond acceptors (Lipinski definition) is 0. The first-order chi connectivity index (χ1) is 6.11. The van der Waals surface area contributed by atoms with Gasteiger partial charge in [-0.05, 0) is 31.1 Å². The Morgan fingerprint density at radius 3 is 2.31 bits per heavy atom. The normalized spacial score (nSPS) is 23.0. The summed E-state index contributed by atoms with van der Waals surface area (Å²) in [5.74, 6) is 2.64. The van der Waals surface area contributed by atoms with Crippen LogP contribution in [0.2, 0.25) is 0 Å². The third-order valence-electron chi connectivity index (χ3n) is 3.77. The minimum absolute atomic E-state index is 0.718. The maximum Gasteiger partial charge on any atom is -0.0234 e. The summed E-state index contributed by atoms with van der Waals surface area (Å²) in [5, 5.41) is 0. The van der Waals surface area contributed by atoms with Crippen LogP contribution in [0, 0.1) is 17.8 Å². The largest absolute Gasteiger partial charge is 0.0999 e. The van der Waals surface area contributed by atoms with E-state index in [0.29, 0.717) is 0 Å². The molecule has 1 fully saturated rings. The zero-order chi connectivity index (χ0) is 9.84. The molecule has 0 spiro atoms. The fraction of sp³-hybridized carbons (Fsp3) is 0.846. The molecule has 0 heterocycles. The van der Waals surface area contributed by atoms with Crippen molar-refractivity contribution in [2.75, 3.05) is 0 Å². The van der Waals surface area contributed by atoms with E-state index in [2.05, 4.69) is 27.4 Å². The summed E-state index contributed by atoms with van der Waals surface area (Å²) < 4.78 is 0. The molecule has 0 nitrogen and oxygen atoms in total. The number of rotatable bonds is 4. The molecule has 0 aromatic rings. The first-order valence-electron chi connectivity index (χ1n) is 5.76. The fourth-order valence-corrected chi connectivity index (χ4v) is 2.48. The van der Waals surface area contributed by atoms with Crippen LogP contribution in [0.25, 0.3) is 0 Å². The van der Waals surface area contributed by atoms with E-state index in [9.17, 15) is 0 Å². The smallest absolute Gasteiger partial charge is 0.0234 e. The third-order valence-corrected chi connectivity index (χ3v) is 3.77. The van der Waals surface area contributed by atoms with E-state index >= 15 is 0 Å². The van der Waals surface area contributed by atoms with E-state index in [1.807, 2.05) is 0 Å². The van der Waals surface area contributed by atoms with Gasteiger partial charge in [-0.15, -0.1) is 0 Å². The average molecular weight is 180 g/mol. The van der Waals surface area contributed by atoms with Crippen molar-refractivity contribution in [3.8, 4) is 0 Å². The van der Waals surface area contributed by atoms with E-state index < -0.39 is 0 Å². The molecule has 0 amide bonds. The predicted octanol–water partition coefficient (Wildman–Crippen LogP) is 4.42. The minimum Gasteiger partial charge on any atom is -0.0999 e. The lowest BCUT2D eigenvalue weighted by atomic mass is 9.83. The van der Waals surface area contributed by atoms with E-state index in [1.165, 1.54) is 37.7 Å². The highest BCUT2D eigenvalue weighted by Gasteiger charge is 2.22. The van der Waals surface area contributed by atoms with E-state index in [1.54, 1.807) is 0 Å². The highest BCUT2D eigenvalue weighted by atomic mass is 14.3. The second-order valence-electron chi connectivity index (χ2n) is 5.00. The quantitative estimate of drug-likeness (QED) is 0.562. The lowest BCUT2D eigenvalue weighted by molar-refractivity contribution is 0.315.